The quantitative estimate of drug-likeness (QED) is 0.0181. The third-order valence-corrected chi connectivity index (χ3v) is 21.4. The Kier molecular flexibility index (Phi) is 27.3. The van der Waals surface area contributed by atoms with Gasteiger partial charge in [0, 0.05) is 130 Å². The number of likely N-dealkylation sites (tertiary alicyclic amines) is 2. The second-order valence-electron chi connectivity index (χ2n) is 31.2. The summed E-state index contributed by atoms with van der Waals surface area (Å²) in [7, 11) is -1.70. The predicted octanol–water partition coefficient (Wildman–Crippen LogP) is 14.3. The van der Waals surface area contributed by atoms with Gasteiger partial charge >= 0.3 is 43.6 Å². The van der Waals surface area contributed by atoms with E-state index in [0.717, 1.165) is 40.1 Å². The lowest BCUT2D eigenvalue weighted by atomic mass is 9.79. The first-order valence-corrected chi connectivity index (χ1v) is 43.2. The lowest BCUT2D eigenvalue weighted by Crippen LogP contribution is -2.52. The molecule has 6 aromatic heterocycles. The van der Waals surface area contributed by atoms with Crippen molar-refractivity contribution in [3.05, 3.63) is 99.7 Å². The molecule has 26 nitrogen and oxygen atoms in total. The van der Waals surface area contributed by atoms with Gasteiger partial charge in [-0.15, -0.1) is 0 Å². The number of carbonyl (C=O) groups is 4. The summed E-state index contributed by atoms with van der Waals surface area (Å²) in [6.45, 7) is 32.5. The number of nitrogens with one attached hydrogen (secondary N) is 2. The lowest BCUT2D eigenvalue weighted by molar-refractivity contribution is -0.148. The molecule has 2 amide bonds. The van der Waals surface area contributed by atoms with Gasteiger partial charge in [0.2, 0.25) is 11.9 Å². The SMILES string of the molecule is COC(=O)[C@@H]1C[C@H](Nc2ncc(C(F)(F)F)c(-c3cn(COCC[Si](C)(C)C)c4cc(-c5c(C)noc5C)ccc34)n2)CN(C(=O)OC(C)(C)C)C1.COC(=O)[C@@H]1C[C@H](Nc2ncc(C(F)(F)F)c(-c3cn(COCC[Si](C)(C)C)c4cc(Br)ccc34)n2)CN(C(=O)OC(C)(C)C)C1.Cc1noc(C)c1B(O)O. The van der Waals surface area contributed by atoms with E-state index in [4.69, 9.17) is 43.0 Å². The van der Waals surface area contributed by atoms with Crippen molar-refractivity contribution < 1.29 is 93.0 Å². The van der Waals surface area contributed by atoms with Crippen LogP contribution in [0.2, 0.25) is 51.4 Å². The molecule has 2 aliphatic heterocycles. The van der Waals surface area contributed by atoms with Gasteiger partial charge < -0.3 is 77.1 Å². The Morgan fingerprint density at radius 1 is 0.611 bits per heavy atom. The summed E-state index contributed by atoms with van der Waals surface area (Å²) in [5.41, 5.74) is 0.803. The van der Waals surface area contributed by atoms with Crippen LogP contribution in [0, 0.1) is 39.5 Å². The van der Waals surface area contributed by atoms with Gasteiger partial charge in [0.15, 0.2) is 0 Å². The normalized spacial score (nSPS) is 16.7. The fourth-order valence-electron chi connectivity index (χ4n) is 12.3. The Morgan fingerprint density at radius 3 is 1.39 bits per heavy atom. The third-order valence-electron chi connectivity index (χ3n) is 17.5. The van der Waals surface area contributed by atoms with E-state index in [1.165, 1.54) is 24.0 Å². The van der Waals surface area contributed by atoms with Crippen molar-refractivity contribution in [3.8, 4) is 33.6 Å². The van der Waals surface area contributed by atoms with Crippen LogP contribution in [-0.2, 0) is 63.8 Å². The highest BCUT2D eigenvalue weighted by molar-refractivity contribution is 9.10. The fourth-order valence-corrected chi connectivity index (χ4v) is 14.1. The largest absolute Gasteiger partial charge is 0.494 e. The van der Waals surface area contributed by atoms with Crippen molar-refractivity contribution in [2.75, 3.05) is 64.2 Å². The molecule has 0 bridgehead atoms. The molecule has 4 atom stereocenters. The Hall–Kier alpha value is -8.42. The van der Waals surface area contributed by atoms with Crippen LogP contribution >= 0.6 is 15.9 Å². The minimum Gasteiger partial charge on any atom is -0.469 e. The maximum absolute atomic E-state index is 14.6. The summed E-state index contributed by atoms with van der Waals surface area (Å²) in [5, 5.41) is 32.3. The molecular formula is C72H96BBrF6N12O14Si2. The van der Waals surface area contributed by atoms with E-state index in [1.807, 2.05) is 25.1 Å². The Labute approximate surface area is 633 Å². The van der Waals surface area contributed by atoms with Crippen molar-refractivity contribution in [2.24, 2.45) is 11.8 Å². The van der Waals surface area contributed by atoms with Gasteiger partial charge in [0.25, 0.3) is 0 Å². The lowest BCUT2D eigenvalue weighted by Gasteiger charge is -2.37. The summed E-state index contributed by atoms with van der Waals surface area (Å²) in [4.78, 5) is 70.7. The second kappa shape index (κ2) is 34.7. The van der Waals surface area contributed by atoms with E-state index in [-0.39, 0.29) is 86.9 Å². The third kappa shape index (κ3) is 22.9. The highest BCUT2D eigenvalue weighted by Crippen LogP contribution is 2.43. The van der Waals surface area contributed by atoms with Crippen molar-refractivity contribution >= 4 is 102 Å². The van der Waals surface area contributed by atoms with Gasteiger partial charge in [-0.1, -0.05) is 83.7 Å². The number of carbonyl (C=O) groups excluding carboxylic acids is 4. The first-order chi connectivity index (χ1) is 50.2. The summed E-state index contributed by atoms with van der Waals surface area (Å²) in [5.74, 6) is -1.53. The molecule has 0 spiro atoms. The Balaban J connectivity index is 0.000000242. The molecule has 8 heterocycles. The molecule has 36 heteroatoms. The molecule has 4 N–H and O–H groups in total. The zero-order chi connectivity index (χ0) is 79.9. The first-order valence-electron chi connectivity index (χ1n) is 35.0. The van der Waals surface area contributed by atoms with Crippen LogP contribution in [0.15, 0.2) is 74.7 Å². The Morgan fingerprint density at radius 2 is 1.03 bits per heavy atom. The molecule has 0 unspecified atom stereocenters. The summed E-state index contributed by atoms with van der Waals surface area (Å²) >= 11 is 3.47. The number of benzene rings is 2. The van der Waals surface area contributed by atoms with Crippen molar-refractivity contribution in [1.29, 1.82) is 0 Å². The number of piperidine rings is 2. The average molecular weight is 1610 g/mol. The molecular weight excluding hydrogens is 1520 g/mol. The van der Waals surface area contributed by atoms with Crippen LogP contribution < -0.4 is 16.1 Å². The van der Waals surface area contributed by atoms with Crippen molar-refractivity contribution in [1.82, 2.24) is 49.2 Å². The highest BCUT2D eigenvalue weighted by Gasteiger charge is 2.42. The smallest absolute Gasteiger partial charge is 0.469 e. The minimum absolute atomic E-state index is 0.0638. The van der Waals surface area contributed by atoms with E-state index in [9.17, 15) is 45.5 Å². The average Bonchev–Trinajstić information content (AvgIpc) is 1.60. The standard InChI is InChI=1S/C36H47F3N6O6Si.C31H41BrF3N5O5Si.C5H8BNO3/c1-21-30(22(2)51-43-21)23-10-11-26-27(19-45(29(26)15-23)20-49-12-13-52(7,8)9)31-28(36(37,38)39)16-40-33(42-31)41-25-14-24(32(46)48-6)17-44(18-25)34(47)50-35(3,4)5;1-30(2,3)45-29(42)39-15-19(27(41)43-4)12-21(16-39)37-28-36-14-24(31(33,34)35)26(38-28)23-17-40(18-44-10-11-46(5,6)7)25-13-20(32)8-9-22(23)25;1-3-5(6(8)9)4(2)10-7-3/h10-11,15-16,19,24-25H,12-14,17-18,20H2,1-9H3,(H,40,41,42);8-9,13-14,17,19,21H,10-12,15-16,18H2,1-7H3,(H,36,37,38);8-9H,1-2H3/t24-,25+;19-,21+;/m11./s1. The number of methoxy groups -OCH3 is 2. The van der Waals surface area contributed by atoms with E-state index in [1.54, 1.807) is 102 Å². The van der Waals surface area contributed by atoms with Gasteiger partial charge in [0.1, 0.15) is 47.3 Å². The molecule has 2 fully saturated rings. The van der Waals surface area contributed by atoms with Crippen LogP contribution in [0.3, 0.4) is 0 Å². The number of hydrogen-bond acceptors (Lipinski definition) is 22. The number of nitrogens with zero attached hydrogens (tertiary/aromatic N) is 10. The zero-order valence-corrected chi connectivity index (χ0v) is 67.6. The number of rotatable bonds is 20. The van der Waals surface area contributed by atoms with E-state index < -0.39 is 106 Å². The van der Waals surface area contributed by atoms with Gasteiger partial charge in [-0.25, -0.2) is 29.5 Å². The maximum atomic E-state index is 14.6. The molecule has 2 aliphatic rings. The van der Waals surface area contributed by atoms with Gasteiger partial charge in [-0.2, -0.15) is 26.3 Å². The van der Waals surface area contributed by atoms with Gasteiger partial charge in [0.05, 0.1) is 59.9 Å². The number of aromatic nitrogens is 8. The van der Waals surface area contributed by atoms with Crippen LogP contribution in [0.1, 0.15) is 88.4 Å². The summed E-state index contributed by atoms with van der Waals surface area (Å²) < 4.78 is 134. The molecule has 2 saturated heterocycles. The predicted molar refractivity (Wildman–Crippen MR) is 403 cm³/mol. The number of alkyl halides is 6. The molecule has 0 aliphatic carbocycles. The van der Waals surface area contributed by atoms with Crippen molar-refractivity contribution in [3.63, 3.8) is 0 Å². The van der Waals surface area contributed by atoms with Crippen LogP contribution in [-0.4, -0.2) is 184 Å². The minimum atomic E-state index is -4.78. The number of ether oxygens (including phenoxy) is 6. The van der Waals surface area contributed by atoms with E-state index in [2.05, 4.69) is 101 Å². The molecule has 10 rings (SSSR count). The van der Waals surface area contributed by atoms with Gasteiger partial charge in [-0.05, 0) is 118 Å². The maximum Gasteiger partial charge on any atom is 0.494 e. The molecule has 0 saturated carbocycles. The molecule has 8 aromatic rings. The second-order valence-corrected chi connectivity index (χ2v) is 43.4. The molecule has 588 valence electrons. The topological polar surface area (TPSA) is 308 Å². The van der Waals surface area contributed by atoms with Crippen LogP contribution in [0.25, 0.3) is 55.4 Å². The highest BCUT2D eigenvalue weighted by atomic mass is 79.9. The molecule has 0 radical (unpaired) electrons. The number of halogens is 7. The van der Waals surface area contributed by atoms with Gasteiger partial charge in [-0.3, -0.25) is 9.59 Å². The number of aryl methyl sites for hydroxylation is 4. The van der Waals surface area contributed by atoms with E-state index in [0.29, 0.717) is 63.4 Å². The Bertz CT molecular complexity index is 4450. The fraction of sp³-hybridized carbons (Fsp3) is 0.528. The number of esters is 2. The van der Waals surface area contributed by atoms with Crippen LogP contribution in [0.4, 0.5) is 47.8 Å². The van der Waals surface area contributed by atoms with E-state index >= 15 is 0 Å². The first kappa shape index (κ1) is 85.2. The summed E-state index contributed by atoms with van der Waals surface area (Å²) in [6, 6.07) is 11.5. The summed E-state index contributed by atoms with van der Waals surface area (Å²) in [6.07, 6.45) is -5.54. The number of hydrogen-bond donors (Lipinski definition) is 4. The number of fused-ring (bicyclic) bond motifs is 2. The monoisotopic (exact) mass is 1610 g/mol. The number of amides is 2. The van der Waals surface area contributed by atoms with Crippen LogP contribution in [0.5, 0.6) is 0 Å². The number of anilines is 2. The molecule has 2 aromatic carbocycles. The molecule has 108 heavy (non-hydrogen) atoms. The zero-order valence-electron chi connectivity index (χ0n) is 64.1. The van der Waals surface area contributed by atoms with Crippen molar-refractivity contribution in [2.45, 2.75) is 183 Å².